The average molecular weight is 573 g/mol. The molecule has 2 amide bonds. The van der Waals surface area contributed by atoms with Crippen LogP contribution in [0.25, 0.3) is 11.2 Å². The van der Waals surface area contributed by atoms with Crippen molar-refractivity contribution in [2.45, 2.75) is 51.0 Å². The third-order valence-electron chi connectivity index (χ3n) is 7.48. The highest BCUT2D eigenvalue weighted by Gasteiger charge is 2.49. The number of hydrogen-bond donors (Lipinski definition) is 6. The Balaban J connectivity index is 1.77. The highest BCUT2D eigenvalue weighted by atomic mass is 16.6. The summed E-state index contributed by atoms with van der Waals surface area (Å²) >= 11 is 0. The zero-order valence-electron chi connectivity index (χ0n) is 23.1. The minimum absolute atomic E-state index is 0.0744. The van der Waals surface area contributed by atoms with E-state index >= 15 is 0 Å². The minimum atomic E-state index is -1.51. The quantitative estimate of drug-likeness (QED) is 0.0825. The lowest BCUT2D eigenvalue weighted by molar-refractivity contribution is -0.152. The molecule has 6 atom stereocenters. The van der Waals surface area contributed by atoms with Crippen molar-refractivity contribution in [2.75, 3.05) is 38.5 Å². The summed E-state index contributed by atoms with van der Waals surface area (Å²) in [6, 6.07) is 9.48. The van der Waals surface area contributed by atoms with Gasteiger partial charge in [0.05, 0.1) is 25.8 Å². The first-order valence-corrected chi connectivity index (χ1v) is 13.5. The number of likely N-dealkylation sites (N-methyl/N-ethyl adjacent to an activating group) is 1. The molecule has 2 aromatic heterocycles. The molecule has 0 spiro atoms. The van der Waals surface area contributed by atoms with Crippen LogP contribution in [0.15, 0.2) is 36.7 Å². The van der Waals surface area contributed by atoms with Gasteiger partial charge in [0.1, 0.15) is 24.0 Å². The van der Waals surface area contributed by atoms with Gasteiger partial charge in [-0.15, -0.1) is 0 Å². The second-order valence-corrected chi connectivity index (χ2v) is 9.79. The molecule has 1 saturated heterocycles. The molecule has 41 heavy (non-hydrogen) atoms. The monoisotopic (exact) mass is 572 g/mol. The van der Waals surface area contributed by atoms with Crippen molar-refractivity contribution in [1.82, 2.24) is 34.2 Å². The van der Waals surface area contributed by atoms with Gasteiger partial charge in [-0.2, -0.15) is 9.97 Å². The molecule has 0 aliphatic carbocycles. The Morgan fingerprint density at radius 2 is 1.98 bits per heavy atom. The van der Waals surface area contributed by atoms with E-state index in [1.54, 1.807) is 6.92 Å². The number of benzene rings is 1. The Labute approximate surface area is 236 Å². The third-order valence-corrected chi connectivity index (χ3v) is 7.48. The van der Waals surface area contributed by atoms with Crippen LogP contribution in [0.5, 0.6) is 0 Å². The molecule has 0 saturated carbocycles. The van der Waals surface area contributed by atoms with Gasteiger partial charge in [-0.1, -0.05) is 18.2 Å². The molecule has 1 fully saturated rings. The van der Waals surface area contributed by atoms with Crippen molar-refractivity contribution in [3.05, 3.63) is 36.7 Å². The fourth-order valence-corrected chi connectivity index (χ4v) is 5.11. The molecule has 0 radical (unpaired) electrons. The van der Waals surface area contributed by atoms with Crippen LogP contribution in [0.1, 0.15) is 26.5 Å². The standard InChI is InChI=1S/C26H37N9O6/c1-3-33(15-36)24(40)21-19(38)20(39)25(41-21)34-14-30-18-22(28)31-26(32-23(18)34)35(4-2,16-8-6-5-7-9-16)13-10-17(37)29-12-11-27/h5-9,14-15,19-21,24-25,38-40H,3-4,10-13,27H2,1-2H3,(H2-,28,29,31,32,37)/p+1/t19-,20+,21-,24?,25+,35?/m0/s1. The Bertz CT molecular complexity index is 1340. The zero-order valence-corrected chi connectivity index (χ0v) is 23.1. The van der Waals surface area contributed by atoms with Gasteiger partial charge in [-0.25, -0.2) is 9.47 Å². The molecule has 1 aliphatic heterocycles. The number of imidazole rings is 1. The van der Waals surface area contributed by atoms with Gasteiger partial charge in [-0.05, 0) is 26.0 Å². The molecule has 0 bridgehead atoms. The molecule has 3 heterocycles. The molecular weight excluding hydrogens is 534 g/mol. The lowest BCUT2D eigenvalue weighted by Crippen LogP contribution is -2.48. The van der Waals surface area contributed by atoms with Gasteiger partial charge in [-0.3, -0.25) is 14.2 Å². The number of carbonyl (C=O) groups excluding carboxylic acids is 2. The maximum Gasteiger partial charge on any atom is 0.338 e. The van der Waals surface area contributed by atoms with E-state index in [0.717, 1.165) is 10.6 Å². The van der Waals surface area contributed by atoms with Gasteiger partial charge in [0.2, 0.25) is 12.3 Å². The molecule has 15 heteroatoms. The van der Waals surface area contributed by atoms with Gasteiger partial charge < -0.3 is 41.7 Å². The topological polar surface area (TPSA) is 215 Å². The number of aromatic nitrogens is 4. The molecule has 4 rings (SSSR count). The van der Waals surface area contributed by atoms with Crippen LogP contribution in [-0.4, -0.2) is 109 Å². The number of amides is 2. The van der Waals surface area contributed by atoms with Crippen LogP contribution in [0.4, 0.5) is 17.5 Å². The number of aliphatic hydroxyl groups is 3. The summed E-state index contributed by atoms with van der Waals surface area (Å²) in [5.74, 6) is 0.199. The smallest absolute Gasteiger partial charge is 0.338 e. The van der Waals surface area contributed by atoms with Gasteiger partial charge in [0, 0.05) is 19.6 Å². The molecule has 2 unspecified atom stereocenters. The number of rotatable bonds is 13. The third kappa shape index (κ3) is 5.72. The SMILES string of the molecule is CCN(C=O)C(O)[C@H]1O[C@@H](n2cnc3c(N)nc([N+](CC)(CCC(=O)NCCN)c4ccccc4)nc32)[C@H](O)[C@@H]1O. The second kappa shape index (κ2) is 12.8. The number of nitrogen functional groups attached to an aromatic ring is 1. The summed E-state index contributed by atoms with van der Waals surface area (Å²) in [4.78, 5) is 38.7. The molecule has 8 N–H and O–H groups in total. The first-order chi connectivity index (χ1) is 19.7. The number of fused-ring (bicyclic) bond motifs is 1. The number of hydrogen-bond acceptors (Lipinski definition) is 11. The number of para-hydroxylation sites is 1. The number of anilines is 1. The molecule has 1 aromatic carbocycles. The predicted octanol–water partition coefficient (Wildman–Crippen LogP) is -1.05. The van der Waals surface area contributed by atoms with Crippen LogP contribution in [-0.2, 0) is 14.3 Å². The van der Waals surface area contributed by atoms with Crippen LogP contribution in [0.2, 0.25) is 0 Å². The van der Waals surface area contributed by atoms with Crippen LogP contribution in [0, 0.1) is 0 Å². The highest BCUT2D eigenvalue weighted by molar-refractivity contribution is 5.83. The Kier molecular flexibility index (Phi) is 9.47. The van der Waals surface area contributed by atoms with E-state index in [9.17, 15) is 24.9 Å². The predicted molar refractivity (Wildman–Crippen MR) is 150 cm³/mol. The van der Waals surface area contributed by atoms with Gasteiger partial charge in [0.15, 0.2) is 29.4 Å². The first kappa shape index (κ1) is 30.2. The Morgan fingerprint density at radius 3 is 2.61 bits per heavy atom. The fourth-order valence-electron chi connectivity index (χ4n) is 5.11. The summed E-state index contributed by atoms with van der Waals surface area (Å²) in [6.45, 7) is 5.24. The highest BCUT2D eigenvalue weighted by Crippen LogP contribution is 2.37. The number of nitrogens with one attached hydrogen (secondary N) is 1. The van der Waals surface area contributed by atoms with E-state index in [1.165, 1.54) is 10.9 Å². The number of nitrogens with two attached hydrogens (primary N) is 2. The fraction of sp³-hybridized carbons (Fsp3) is 0.500. The average Bonchev–Trinajstić information content (AvgIpc) is 3.54. The van der Waals surface area contributed by atoms with Crippen LogP contribution < -0.4 is 21.3 Å². The van der Waals surface area contributed by atoms with Crippen LogP contribution in [0.3, 0.4) is 0 Å². The van der Waals surface area contributed by atoms with Crippen molar-refractivity contribution in [1.29, 1.82) is 0 Å². The number of nitrogens with zero attached hydrogens (tertiary/aromatic N) is 6. The summed E-state index contributed by atoms with van der Waals surface area (Å²) in [5, 5.41) is 35.0. The van der Waals surface area contributed by atoms with Crippen molar-refractivity contribution in [2.24, 2.45) is 5.73 Å². The Morgan fingerprint density at radius 1 is 1.24 bits per heavy atom. The summed E-state index contributed by atoms with van der Waals surface area (Å²) in [6.07, 6.45) is -5.03. The van der Waals surface area contributed by atoms with E-state index in [0.29, 0.717) is 38.5 Å². The molecular formula is C26H38N9O6+. The van der Waals surface area contributed by atoms with Crippen molar-refractivity contribution >= 4 is 40.9 Å². The lowest BCUT2D eigenvalue weighted by Gasteiger charge is -2.34. The molecule has 3 aromatic rings. The maximum atomic E-state index is 12.6. The normalized spacial score (nSPS) is 22.8. The first-order valence-electron chi connectivity index (χ1n) is 13.5. The zero-order chi connectivity index (χ0) is 29.7. The lowest BCUT2D eigenvalue weighted by atomic mass is 10.1. The Hall–Kier alpha value is -3.73. The molecule has 1 aliphatic rings. The number of carbonyl (C=O) groups is 2. The van der Waals surface area contributed by atoms with E-state index in [1.807, 2.05) is 37.3 Å². The van der Waals surface area contributed by atoms with Gasteiger partial charge in [0.25, 0.3) is 0 Å². The summed E-state index contributed by atoms with van der Waals surface area (Å²) in [7, 11) is 0. The van der Waals surface area contributed by atoms with Crippen molar-refractivity contribution < 1.29 is 29.6 Å². The largest absolute Gasteiger partial charge is 0.387 e. The van der Waals surface area contributed by atoms with Crippen LogP contribution >= 0.6 is 0 Å². The molecule has 222 valence electrons. The van der Waals surface area contributed by atoms with E-state index in [-0.39, 0.29) is 40.3 Å². The van der Waals surface area contributed by atoms with Gasteiger partial charge >= 0.3 is 5.95 Å². The van der Waals surface area contributed by atoms with Crippen molar-refractivity contribution in [3.63, 3.8) is 0 Å². The van der Waals surface area contributed by atoms with Crippen molar-refractivity contribution in [3.8, 4) is 0 Å². The number of ether oxygens (including phenoxy) is 1. The number of aliphatic hydroxyl groups excluding tert-OH is 3. The minimum Gasteiger partial charge on any atom is -0.387 e. The summed E-state index contributed by atoms with van der Waals surface area (Å²) < 4.78 is 7.37. The maximum absolute atomic E-state index is 12.6. The van der Waals surface area contributed by atoms with E-state index in [4.69, 9.17) is 21.2 Å². The number of quaternary nitrogens is 1. The second-order valence-electron chi connectivity index (χ2n) is 9.79. The van der Waals surface area contributed by atoms with E-state index in [2.05, 4.69) is 15.3 Å². The molecule has 15 nitrogen and oxygen atoms in total. The van der Waals surface area contributed by atoms with E-state index < -0.39 is 30.8 Å². The summed E-state index contributed by atoms with van der Waals surface area (Å²) in [5.41, 5.74) is 13.2.